The Kier molecular flexibility index (Phi) is 11.6. The molecule has 4 aromatic rings. The second kappa shape index (κ2) is 15.8. The zero-order chi connectivity index (χ0) is 32.2. The molecular formula is C41H41NO2Si. The van der Waals surface area contributed by atoms with Crippen molar-refractivity contribution in [1.29, 1.82) is 0 Å². The third-order valence-electron chi connectivity index (χ3n) is 7.25. The molecule has 0 unspecified atom stereocenters. The summed E-state index contributed by atoms with van der Waals surface area (Å²) in [4.78, 5) is 12.8. The van der Waals surface area contributed by atoms with Crippen LogP contribution in [-0.4, -0.2) is 19.1 Å². The van der Waals surface area contributed by atoms with E-state index in [0.29, 0.717) is 17.7 Å². The molecule has 0 aromatic heterocycles. The number of aromatic carboxylic acids is 1. The lowest BCUT2D eigenvalue weighted by Gasteiger charge is -2.14. The first-order valence-corrected chi connectivity index (χ1v) is 19.1. The average molecular weight is 608 g/mol. The molecule has 0 fully saturated rings. The first-order chi connectivity index (χ1) is 21.7. The second-order valence-corrected chi connectivity index (χ2v) is 16.9. The summed E-state index contributed by atoms with van der Waals surface area (Å²) in [7, 11) is -1.51. The van der Waals surface area contributed by atoms with Gasteiger partial charge in [-0.1, -0.05) is 112 Å². The van der Waals surface area contributed by atoms with Crippen LogP contribution in [0.2, 0.25) is 19.6 Å². The molecule has 0 spiro atoms. The normalized spacial score (nSPS) is 10.5. The fourth-order valence-electron chi connectivity index (χ4n) is 4.80. The highest BCUT2D eigenvalue weighted by atomic mass is 28.3. The van der Waals surface area contributed by atoms with Crippen LogP contribution in [0.5, 0.6) is 0 Å². The maximum atomic E-state index is 12.8. The molecule has 45 heavy (non-hydrogen) atoms. The molecule has 0 heterocycles. The lowest BCUT2D eigenvalue weighted by Crippen LogP contribution is -2.16. The Hall–Kier alpha value is -4.79. The molecule has 0 atom stereocenters. The van der Waals surface area contributed by atoms with Crippen LogP contribution >= 0.6 is 0 Å². The molecule has 0 saturated heterocycles. The van der Waals surface area contributed by atoms with Crippen molar-refractivity contribution in [2.75, 3.05) is 0 Å². The van der Waals surface area contributed by atoms with Gasteiger partial charge in [0, 0.05) is 35.2 Å². The Bertz CT molecular complexity index is 1810. The van der Waals surface area contributed by atoms with Gasteiger partial charge in [-0.2, -0.15) is 0 Å². The summed E-state index contributed by atoms with van der Waals surface area (Å²) in [5.41, 5.74) is 16.8. The Morgan fingerprint density at radius 1 is 0.689 bits per heavy atom. The van der Waals surface area contributed by atoms with Crippen LogP contribution in [0, 0.1) is 35.1 Å². The van der Waals surface area contributed by atoms with E-state index in [0.717, 1.165) is 51.8 Å². The zero-order valence-corrected chi connectivity index (χ0v) is 27.8. The summed E-state index contributed by atoms with van der Waals surface area (Å²) in [5.74, 6) is 15.3. The van der Waals surface area contributed by atoms with Crippen molar-refractivity contribution in [3.8, 4) is 57.4 Å². The molecule has 4 heteroatoms. The molecule has 3 N–H and O–H groups in total. The summed E-state index contributed by atoms with van der Waals surface area (Å²) < 4.78 is 0. The molecule has 0 aliphatic rings. The summed E-state index contributed by atoms with van der Waals surface area (Å²) in [5, 5.41) is 10.5. The predicted octanol–water partition coefficient (Wildman–Crippen LogP) is 9.13. The molecule has 0 saturated carbocycles. The topological polar surface area (TPSA) is 63.3 Å². The first kappa shape index (κ1) is 33.1. The van der Waals surface area contributed by atoms with Gasteiger partial charge in [-0.25, -0.2) is 4.79 Å². The third kappa shape index (κ3) is 9.86. The number of rotatable bonds is 8. The Labute approximate surface area is 269 Å². The average Bonchev–Trinajstić information content (AvgIpc) is 3.04. The Morgan fingerprint density at radius 3 is 1.67 bits per heavy atom. The van der Waals surface area contributed by atoms with Crippen molar-refractivity contribution in [1.82, 2.24) is 0 Å². The monoisotopic (exact) mass is 607 g/mol. The highest BCUT2D eigenvalue weighted by molar-refractivity contribution is 6.83. The van der Waals surface area contributed by atoms with Gasteiger partial charge in [-0.15, -0.1) is 5.54 Å². The van der Waals surface area contributed by atoms with Crippen LogP contribution in [0.25, 0.3) is 22.3 Å². The van der Waals surface area contributed by atoms with Crippen molar-refractivity contribution in [2.24, 2.45) is 5.73 Å². The second-order valence-electron chi connectivity index (χ2n) is 12.2. The van der Waals surface area contributed by atoms with E-state index in [2.05, 4.69) is 61.7 Å². The number of nitrogens with two attached hydrogens (primary N) is 1. The van der Waals surface area contributed by atoms with E-state index >= 15 is 0 Å². The summed E-state index contributed by atoms with van der Waals surface area (Å²) in [6.07, 6.45) is 5.44. The molecule has 226 valence electrons. The molecule has 0 aliphatic carbocycles. The molecular weight excluding hydrogens is 567 g/mol. The number of hydrogen-bond donors (Lipinski definition) is 2. The van der Waals surface area contributed by atoms with Crippen LogP contribution in [0.4, 0.5) is 0 Å². The number of carboxylic acid groups (broad SMARTS) is 1. The standard InChI is InChI=1S/C41H41NO2Si/c1-5-6-7-8-9-10-11-35-28-38(36-22-18-32(19-23-36)13-12-31-14-16-34(30-42)17-15-31)40(41(43)44)39(29-35)37-24-20-33(21-25-37)26-27-45(2,3)4/h14-25,28-29H,5-9,30,42H2,1-4H3,(H,43,44). The van der Waals surface area contributed by atoms with Crippen LogP contribution in [-0.2, 0) is 6.54 Å². The lowest BCUT2D eigenvalue weighted by molar-refractivity contribution is 0.0698. The van der Waals surface area contributed by atoms with E-state index in [1.54, 1.807) is 0 Å². The van der Waals surface area contributed by atoms with Gasteiger partial charge in [0.05, 0.1) is 5.56 Å². The van der Waals surface area contributed by atoms with Crippen LogP contribution in [0.15, 0.2) is 84.9 Å². The fraction of sp³-hybridized carbons (Fsp3) is 0.244. The minimum absolute atomic E-state index is 0.253. The summed E-state index contributed by atoms with van der Waals surface area (Å²) in [6.45, 7) is 9.34. The quantitative estimate of drug-likeness (QED) is 0.119. The number of benzene rings is 4. The van der Waals surface area contributed by atoms with Gasteiger partial charge in [-0.3, -0.25) is 0 Å². The van der Waals surface area contributed by atoms with E-state index in [9.17, 15) is 9.90 Å². The van der Waals surface area contributed by atoms with Crippen LogP contribution in [0.1, 0.15) is 77.2 Å². The molecule has 0 aliphatic heterocycles. The highest BCUT2D eigenvalue weighted by Crippen LogP contribution is 2.34. The van der Waals surface area contributed by atoms with E-state index < -0.39 is 14.0 Å². The van der Waals surface area contributed by atoms with Gasteiger partial charge >= 0.3 is 5.97 Å². The predicted molar refractivity (Wildman–Crippen MR) is 190 cm³/mol. The van der Waals surface area contributed by atoms with Crippen molar-refractivity contribution in [3.05, 3.63) is 118 Å². The SMILES string of the molecule is CCCCCCC#Cc1cc(-c2ccc(C#Cc3ccc(CN)cc3)cc2)c(C(=O)O)c(-c2ccc(C#C[Si](C)(C)C)cc2)c1. The van der Waals surface area contributed by atoms with Gasteiger partial charge in [0.2, 0.25) is 0 Å². The summed E-state index contributed by atoms with van der Waals surface area (Å²) >= 11 is 0. The lowest BCUT2D eigenvalue weighted by atomic mass is 9.89. The minimum atomic E-state index is -1.51. The van der Waals surface area contributed by atoms with Gasteiger partial charge in [0.1, 0.15) is 8.07 Å². The van der Waals surface area contributed by atoms with Crippen molar-refractivity contribution < 1.29 is 9.90 Å². The van der Waals surface area contributed by atoms with E-state index in [1.165, 1.54) is 19.3 Å². The highest BCUT2D eigenvalue weighted by Gasteiger charge is 2.20. The van der Waals surface area contributed by atoms with E-state index in [4.69, 9.17) is 5.73 Å². The number of carboxylic acids is 1. The molecule has 0 radical (unpaired) electrons. The number of carbonyl (C=O) groups is 1. The maximum absolute atomic E-state index is 12.8. The van der Waals surface area contributed by atoms with E-state index in [-0.39, 0.29) is 5.56 Å². The fourth-order valence-corrected chi connectivity index (χ4v) is 5.32. The molecule has 4 aromatic carbocycles. The van der Waals surface area contributed by atoms with Crippen molar-refractivity contribution >= 4 is 14.0 Å². The summed E-state index contributed by atoms with van der Waals surface area (Å²) in [6, 6.07) is 27.3. The number of unbranched alkanes of at least 4 members (excludes halogenated alkanes) is 4. The molecule has 3 nitrogen and oxygen atoms in total. The minimum Gasteiger partial charge on any atom is -0.478 e. The van der Waals surface area contributed by atoms with E-state index in [1.807, 2.05) is 84.9 Å². The van der Waals surface area contributed by atoms with Gasteiger partial charge in [0.25, 0.3) is 0 Å². The van der Waals surface area contributed by atoms with Gasteiger partial charge < -0.3 is 10.8 Å². The van der Waals surface area contributed by atoms with Crippen LogP contribution < -0.4 is 5.73 Å². The Balaban J connectivity index is 1.74. The van der Waals surface area contributed by atoms with Gasteiger partial charge in [-0.05, 0) is 82.8 Å². The zero-order valence-electron chi connectivity index (χ0n) is 26.8. The van der Waals surface area contributed by atoms with Crippen LogP contribution in [0.3, 0.4) is 0 Å². The number of hydrogen-bond acceptors (Lipinski definition) is 2. The Morgan fingerprint density at radius 2 is 1.20 bits per heavy atom. The maximum Gasteiger partial charge on any atom is 0.336 e. The molecule has 0 bridgehead atoms. The largest absolute Gasteiger partial charge is 0.478 e. The van der Waals surface area contributed by atoms with Gasteiger partial charge in [0.15, 0.2) is 0 Å². The molecule has 4 rings (SSSR count). The molecule has 0 amide bonds. The third-order valence-corrected chi connectivity index (χ3v) is 8.13. The van der Waals surface area contributed by atoms with Crippen molar-refractivity contribution in [3.63, 3.8) is 0 Å². The first-order valence-electron chi connectivity index (χ1n) is 15.6. The smallest absolute Gasteiger partial charge is 0.336 e. The van der Waals surface area contributed by atoms with Crippen molar-refractivity contribution in [2.45, 2.75) is 65.2 Å².